The Balaban J connectivity index is 1.75. The van der Waals surface area contributed by atoms with E-state index in [0.29, 0.717) is 17.2 Å². The van der Waals surface area contributed by atoms with Crippen LogP contribution in [0.25, 0.3) is 0 Å². The minimum atomic E-state index is -4.62. The Labute approximate surface area is 176 Å². The second-order valence-corrected chi connectivity index (χ2v) is 8.45. The summed E-state index contributed by atoms with van der Waals surface area (Å²) in [7, 11) is -4.04. The van der Waals surface area contributed by atoms with Gasteiger partial charge in [-0.3, -0.25) is 9.59 Å². The Morgan fingerprint density at radius 2 is 1.68 bits per heavy atom. The van der Waals surface area contributed by atoms with Crippen LogP contribution in [-0.2, 0) is 21.0 Å². The predicted octanol–water partition coefficient (Wildman–Crippen LogP) is 1.97. The smallest absolute Gasteiger partial charge is 0.364 e. The molecular formula is C19H19F3N4O4S. The van der Waals surface area contributed by atoms with Crippen molar-refractivity contribution < 1.29 is 31.2 Å². The maximum atomic E-state index is 13.0. The van der Waals surface area contributed by atoms with Crippen molar-refractivity contribution in [2.45, 2.75) is 24.2 Å². The third-order valence-corrected chi connectivity index (χ3v) is 5.94. The van der Waals surface area contributed by atoms with Gasteiger partial charge in [0.05, 0.1) is 11.3 Å². The number of carbonyl (C=O) groups excluding carboxylic acids is 2. The first-order valence-electron chi connectivity index (χ1n) is 9.10. The number of benzene rings is 2. The molecule has 3 rings (SSSR count). The van der Waals surface area contributed by atoms with Gasteiger partial charge in [0.2, 0.25) is 15.9 Å². The summed E-state index contributed by atoms with van der Waals surface area (Å²) in [6, 6.07) is 8.25. The second-order valence-electron chi connectivity index (χ2n) is 6.77. The van der Waals surface area contributed by atoms with Crippen LogP contribution in [0, 0.1) is 0 Å². The van der Waals surface area contributed by atoms with Gasteiger partial charge in [0.1, 0.15) is 11.1 Å². The van der Waals surface area contributed by atoms with Crippen LogP contribution in [0.2, 0.25) is 0 Å². The summed E-state index contributed by atoms with van der Waals surface area (Å²) in [6.45, 7) is 1.85. The second kappa shape index (κ2) is 8.55. The van der Waals surface area contributed by atoms with Gasteiger partial charge < -0.3 is 16.0 Å². The van der Waals surface area contributed by atoms with Crippen molar-refractivity contribution in [2.24, 2.45) is 0 Å². The fourth-order valence-corrected chi connectivity index (χ4v) is 4.24. The average Bonchev–Trinajstić information content (AvgIpc) is 2.69. The van der Waals surface area contributed by atoms with E-state index in [1.807, 2.05) is 0 Å². The molecule has 166 valence electrons. The van der Waals surface area contributed by atoms with E-state index in [-0.39, 0.29) is 29.6 Å². The highest BCUT2D eigenvalue weighted by Crippen LogP contribution is 2.37. The number of carbonyl (C=O) groups is 2. The molecule has 2 aromatic carbocycles. The standard InChI is InChI=1S/C19H19F3N4O4S/c1-11(27)23-8-9-24-18(28)13-4-2-12(3-5-13)17-25-15-10-14(19(20,21)22)6-7-16(15)31(29,30)26-17/h2-7,10,17,25-26H,8-9H2,1H3,(H,23,27)(H,24,28)/t17-/m1/s1. The largest absolute Gasteiger partial charge is 0.416 e. The zero-order valence-corrected chi connectivity index (χ0v) is 17.0. The van der Waals surface area contributed by atoms with Crippen molar-refractivity contribution in [1.82, 2.24) is 15.4 Å². The molecule has 0 spiro atoms. The summed E-state index contributed by atoms with van der Waals surface area (Å²) in [6.07, 6.45) is -5.63. The summed E-state index contributed by atoms with van der Waals surface area (Å²) in [5.74, 6) is -0.612. The first kappa shape index (κ1) is 22.6. The number of alkyl halides is 3. The van der Waals surface area contributed by atoms with E-state index in [4.69, 9.17) is 0 Å². The Morgan fingerprint density at radius 3 is 2.29 bits per heavy atom. The van der Waals surface area contributed by atoms with Gasteiger partial charge in [-0.15, -0.1) is 0 Å². The lowest BCUT2D eigenvalue weighted by Crippen LogP contribution is -2.38. The van der Waals surface area contributed by atoms with Crippen LogP contribution in [0.5, 0.6) is 0 Å². The minimum Gasteiger partial charge on any atom is -0.364 e. The van der Waals surface area contributed by atoms with Gasteiger partial charge >= 0.3 is 6.18 Å². The Bertz CT molecular complexity index is 1100. The average molecular weight is 456 g/mol. The first-order chi connectivity index (χ1) is 14.5. The van der Waals surface area contributed by atoms with Gasteiger partial charge in [0, 0.05) is 25.6 Å². The molecule has 1 aliphatic rings. The fraction of sp³-hybridized carbons (Fsp3) is 0.263. The highest BCUT2D eigenvalue weighted by atomic mass is 32.2. The molecule has 0 aromatic heterocycles. The van der Waals surface area contributed by atoms with Crippen molar-refractivity contribution in [3.8, 4) is 0 Å². The lowest BCUT2D eigenvalue weighted by Gasteiger charge is -2.29. The van der Waals surface area contributed by atoms with Crippen LogP contribution in [0.3, 0.4) is 0 Å². The number of hydrogen-bond donors (Lipinski definition) is 4. The number of rotatable bonds is 5. The molecule has 0 bridgehead atoms. The van der Waals surface area contributed by atoms with E-state index in [1.165, 1.54) is 31.2 Å². The third kappa shape index (κ3) is 5.33. The van der Waals surface area contributed by atoms with Crippen LogP contribution < -0.4 is 20.7 Å². The molecule has 2 amide bonds. The van der Waals surface area contributed by atoms with Gasteiger partial charge in [-0.25, -0.2) is 8.42 Å². The summed E-state index contributed by atoms with van der Waals surface area (Å²) < 4.78 is 66.3. The number of hydrogen-bond acceptors (Lipinski definition) is 5. The summed E-state index contributed by atoms with van der Waals surface area (Å²) >= 11 is 0. The Hall–Kier alpha value is -3.12. The maximum absolute atomic E-state index is 13.0. The number of nitrogens with one attached hydrogen (secondary N) is 4. The zero-order valence-electron chi connectivity index (χ0n) is 16.2. The number of sulfonamides is 1. The van der Waals surface area contributed by atoms with Crippen molar-refractivity contribution in [3.05, 3.63) is 59.2 Å². The molecular weight excluding hydrogens is 437 g/mol. The molecule has 0 aliphatic carbocycles. The quantitative estimate of drug-likeness (QED) is 0.514. The van der Waals surface area contributed by atoms with E-state index in [0.717, 1.165) is 12.1 Å². The van der Waals surface area contributed by atoms with Crippen LogP contribution in [0.4, 0.5) is 18.9 Å². The minimum absolute atomic E-state index is 0.168. The predicted molar refractivity (Wildman–Crippen MR) is 106 cm³/mol. The van der Waals surface area contributed by atoms with E-state index in [1.54, 1.807) is 0 Å². The third-order valence-electron chi connectivity index (χ3n) is 4.46. The van der Waals surface area contributed by atoms with Crippen LogP contribution in [0.15, 0.2) is 47.4 Å². The molecule has 0 fully saturated rings. The van der Waals surface area contributed by atoms with Crippen LogP contribution in [-0.4, -0.2) is 33.3 Å². The summed E-state index contributed by atoms with van der Waals surface area (Å²) in [4.78, 5) is 22.6. The summed E-state index contributed by atoms with van der Waals surface area (Å²) in [5, 5.41) is 7.90. The molecule has 1 atom stereocenters. The number of fused-ring (bicyclic) bond motifs is 1. The van der Waals surface area contributed by atoms with Crippen molar-refractivity contribution in [3.63, 3.8) is 0 Å². The van der Waals surface area contributed by atoms with Gasteiger partial charge in [0.25, 0.3) is 5.91 Å². The molecule has 2 aromatic rings. The molecule has 0 unspecified atom stereocenters. The highest BCUT2D eigenvalue weighted by molar-refractivity contribution is 7.89. The molecule has 4 N–H and O–H groups in total. The monoisotopic (exact) mass is 456 g/mol. The molecule has 1 aliphatic heterocycles. The topological polar surface area (TPSA) is 116 Å². The van der Waals surface area contributed by atoms with E-state index in [9.17, 15) is 31.2 Å². The molecule has 31 heavy (non-hydrogen) atoms. The molecule has 8 nitrogen and oxygen atoms in total. The normalized spacial score (nSPS) is 17.2. The number of anilines is 1. The van der Waals surface area contributed by atoms with E-state index >= 15 is 0 Å². The van der Waals surface area contributed by atoms with Gasteiger partial charge in [-0.2, -0.15) is 17.9 Å². The number of amides is 2. The molecule has 0 saturated heterocycles. The Kier molecular flexibility index (Phi) is 6.23. The fourth-order valence-electron chi connectivity index (χ4n) is 2.95. The number of halogens is 3. The maximum Gasteiger partial charge on any atom is 0.416 e. The lowest BCUT2D eigenvalue weighted by molar-refractivity contribution is -0.137. The Morgan fingerprint density at radius 1 is 1.03 bits per heavy atom. The SMILES string of the molecule is CC(=O)NCCNC(=O)c1ccc([C@@H]2Nc3cc(C(F)(F)F)ccc3S(=O)(=O)N2)cc1. The van der Waals surface area contributed by atoms with Gasteiger partial charge in [0.15, 0.2) is 0 Å². The highest BCUT2D eigenvalue weighted by Gasteiger charge is 2.35. The van der Waals surface area contributed by atoms with E-state index < -0.39 is 33.8 Å². The molecule has 1 heterocycles. The van der Waals surface area contributed by atoms with Crippen molar-refractivity contribution >= 4 is 27.5 Å². The van der Waals surface area contributed by atoms with Crippen molar-refractivity contribution in [2.75, 3.05) is 18.4 Å². The molecule has 0 radical (unpaired) electrons. The van der Waals surface area contributed by atoms with Crippen LogP contribution in [0.1, 0.15) is 34.6 Å². The van der Waals surface area contributed by atoms with Crippen LogP contribution >= 0.6 is 0 Å². The van der Waals surface area contributed by atoms with Gasteiger partial charge in [-0.05, 0) is 35.9 Å². The molecule has 0 saturated carbocycles. The first-order valence-corrected chi connectivity index (χ1v) is 10.6. The van der Waals surface area contributed by atoms with Crippen molar-refractivity contribution in [1.29, 1.82) is 0 Å². The molecule has 12 heteroatoms. The van der Waals surface area contributed by atoms with E-state index in [2.05, 4.69) is 20.7 Å². The zero-order chi connectivity index (χ0) is 22.8. The summed E-state index contributed by atoms with van der Waals surface area (Å²) in [5.41, 5.74) is -0.439. The lowest BCUT2D eigenvalue weighted by atomic mass is 10.1. The van der Waals surface area contributed by atoms with Gasteiger partial charge in [-0.1, -0.05) is 12.1 Å².